The van der Waals surface area contributed by atoms with E-state index >= 15 is 0 Å². The second kappa shape index (κ2) is 5.88. The SMILES string of the molecule is Cc1nc2cccc(C(=O)Oc3cc(C(C)C)ccc3C)c2o1. The number of fused-ring (bicyclic) bond motifs is 1. The third-order valence-electron chi connectivity index (χ3n) is 3.82. The minimum atomic E-state index is -0.434. The summed E-state index contributed by atoms with van der Waals surface area (Å²) in [5.41, 5.74) is 3.56. The van der Waals surface area contributed by atoms with E-state index in [9.17, 15) is 4.79 Å². The third-order valence-corrected chi connectivity index (χ3v) is 3.82. The lowest BCUT2D eigenvalue weighted by molar-refractivity contribution is 0.0734. The molecule has 118 valence electrons. The topological polar surface area (TPSA) is 52.3 Å². The number of nitrogens with zero attached hydrogens (tertiary/aromatic N) is 1. The van der Waals surface area contributed by atoms with Crippen LogP contribution in [0.25, 0.3) is 11.1 Å². The predicted octanol–water partition coefficient (Wildman–Crippen LogP) is 4.79. The van der Waals surface area contributed by atoms with Crippen molar-refractivity contribution in [3.63, 3.8) is 0 Å². The number of carbonyl (C=O) groups is 1. The van der Waals surface area contributed by atoms with Gasteiger partial charge >= 0.3 is 5.97 Å². The summed E-state index contributed by atoms with van der Waals surface area (Å²) in [5.74, 6) is 1.04. The van der Waals surface area contributed by atoms with Gasteiger partial charge in [0.25, 0.3) is 0 Å². The Morgan fingerprint density at radius 1 is 1.17 bits per heavy atom. The van der Waals surface area contributed by atoms with E-state index in [0.29, 0.717) is 34.2 Å². The summed E-state index contributed by atoms with van der Waals surface area (Å²) in [6.45, 7) is 7.89. The van der Waals surface area contributed by atoms with Crippen molar-refractivity contribution in [2.75, 3.05) is 0 Å². The van der Waals surface area contributed by atoms with Crippen LogP contribution in [0.15, 0.2) is 40.8 Å². The first kappa shape index (κ1) is 15.3. The van der Waals surface area contributed by atoms with Crippen molar-refractivity contribution in [3.05, 3.63) is 59.0 Å². The van der Waals surface area contributed by atoms with Crippen LogP contribution in [0.1, 0.15) is 47.1 Å². The molecule has 0 atom stereocenters. The number of aryl methyl sites for hydroxylation is 2. The van der Waals surface area contributed by atoms with Crippen molar-refractivity contribution < 1.29 is 13.9 Å². The molecule has 0 aliphatic heterocycles. The predicted molar refractivity (Wildman–Crippen MR) is 89.0 cm³/mol. The molecule has 1 aromatic heterocycles. The van der Waals surface area contributed by atoms with Gasteiger partial charge in [0.05, 0.1) is 0 Å². The number of ether oxygens (including phenoxy) is 1. The highest BCUT2D eigenvalue weighted by molar-refractivity contribution is 6.02. The van der Waals surface area contributed by atoms with E-state index in [1.165, 1.54) is 0 Å². The Labute approximate surface area is 135 Å². The van der Waals surface area contributed by atoms with Crippen molar-refractivity contribution in [2.24, 2.45) is 0 Å². The molecule has 0 fully saturated rings. The summed E-state index contributed by atoms with van der Waals surface area (Å²) < 4.78 is 11.2. The Bertz CT molecular complexity index is 877. The number of rotatable bonds is 3. The lowest BCUT2D eigenvalue weighted by Gasteiger charge is -2.11. The smallest absolute Gasteiger partial charge is 0.347 e. The molecule has 23 heavy (non-hydrogen) atoms. The molecule has 4 nitrogen and oxygen atoms in total. The van der Waals surface area contributed by atoms with Crippen molar-refractivity contribution in [1.29, 1.82) is 0 Å². The van der Waals surface area contributed by atoms with Crippen LogP contribution in [0.3, 0.4) is 0 Å². The number of hydrogen-bond acceptors (Lipinski definition) is 4. The average molecular weight is 309 g/mol. The molecule has 0 unspecified atom stereocenters. The molecule has 0 aliphatic rings. The quantitative estimate of drug-likeness (QED) is 0.516. The van der Waals surface area contributed by atoms with E-state index in [4.69, 9.17) is 9.15 Å². The Morgan fingerprint density at radius 3 is 2.70 bits per heavy atom. The Balaban J connectivity index is 1.96. The first-order valence-electron chi connectivity index (χ1n) is 7.64. The second-order valence-electron chi connectivity index (χ2n) is 5.96. The van der Waals surface area contributed by atoms with Gasteiger partial charge in [0.2, 0.25) is 0 Å². The summed E-state index contributed by atoms with van der Waals surface area (Å²) in [6, 6.07) is 11.2. The van der Waals surface area contributed by atoms with Crippen LogP contribution in [0.5, 0.6) is 5.75 Å². The van der Waals surface area contributed by atoms with E-state index in [2.05, 4.69) is 24.9 Å². The Kier molecular flexibility index (Phi) is 3.90. The first-order valence-corrected chi connectivity index (χ1v) is 7.64. The number of esters is 1. The van der Waals surface area contributed by atoms with Crippen LogP contribution in [0.2, 0.25) is 0 Å². The molecule has 0 bridgehead atoms. The standard InChI is InChI=1S/C19H19NO3/c1-11(2)14-9-8-12(3)17(10-14)23-19(21)15-6-5-7-16-18(15)22-13(4)20-16/h5-11H,1-4H3. The number of carbonyl (C=O) groups excluding carboxylic acids is 1. The van der Waals surface area contributed by atoms with Gasteiger partial charge in [-0.05, 0) is 42.2 Å². The zero-order valence-electron chi connectivity index (χ0n) is 13.7. The molecule has 0 amide bonds. The first-order chi connectivity index (χ1) is 11.0. The molecule has 1 heterocycles. The molecule has 0 spiro atoms. The normalized spacial score (nSPS) is 11.2. The number of hydrogen-bond donors (Lipinski definition) is 0. The van der Waals surface area contributed by atoms with Crippen LogP contribution in [-0.4, -0.2) is 11.0 Å². The fourth-order valence-corrected chi connectivity index (χ4v) is 2.46. The van der Waals surface area contributed by atoms with Crippen molar-refractivity contribution in [3.8, 4) is 5.75 Å². The zero-order chi connectivity index (χ0) is 16.6. The van der Waals surface area contributed by atoms with Gasteiger partial charge in [0.1, 0.15) is 16.8 Å². The Morgan fingerprint density at radius 2 is 1.96 bits per heavy atom. The molecule has 2 aromatic carbocycles. The van der Waals surface area contributed by atoms with Gasteiger partial charge in [-0.3, -0.25) is 0 Å². The molecular weight excluding hydrogens is 290 g/mol. The zero-order valence-corrected chi connectivity index (χ0v) is 13.7. The van der Waals surface area contributed by atoms with E-state index in [-0.39, 0.29) is 0 Å². The van der Waals surface area contributed by atoms with E-state index in [0.717, 1.165) is 11.1 Å². The summed E-state index contributed by atoms with van der Waals surface area (Å²) in [5, 5.41) is 0. The summed E-state index contributed by atoms with van der Waals surface area (Å²) >= 11 is 0. The number of benzene rings is 2. The maximum absolute atomic E-state index is 12.6. The van der Waals surface area contributed by atoms with E-state index < -0.39 is 5.97 Å². The number of oxazole rings is 1. The van der Waals surface area contributed by atoms with Crippen LogP contribution in [0, 0.1) is 13.8 Å². The molecule has 0 N–H and O–H groups in total. The molecule has 4 heteroatoms. The summed E-state index contributed by atoms with van der Waals surface area (Å²) in [4.78, 5) is 16.8. The maximum Gasteiger partial charge on any atom is 0.347 e. The molecule has 0 saturated heterocycles. The molecule has 0 saturated carbocycles. The van der Waals surface area contributed by atoms with Crippen molar-refractivity contribution in [2.45, 2.75) is 33.6 Å². The molecule has 3 aromatic rings. The van der Waals surface area contributed by atoms with Crippen molar-refractivity contribution in [1.82, 2.24) is 4.98 Å². The minimum absolute atomic E-state index is 0.369. The molecule has 3 rings (SSSR count). The highest BCUT2D eigenvalue weighted by Crippen LogP contribution is 2.26. The maximum atomic E-state index is 12.6. The van der Waals surface area contributed by atoms with Crippen LogP contribution < -0.4 is 4.74 Å². The third kappa shape index (κ3) is 2.97. The molecule has 0 radical (unpaired) electrons. The minimum Gasteiger partial charge on any atom is -0.440 e. The van der Waals surface area contributed by atoms with Crippen LogP contribution in [0.4, 0.5) is 0 Å². The average Bonchev–Trinajstić information content (AvgIpc) is 2.89. The fraction of sp³-hybridized carbons (Fsp3) is 0.263. The molecule has 0 aliphatic carbocycles. The number of aromatic nitrogens is 1. The fourth-order valence-electron chi connectivity index (χ4n) is 2.46. The highest BCUT2D eigenvalue weighted by atomic mass is 16.5. The van der Waals surface area contributed by atoms with E-state index in [1.807, 2.05) is 25.1 Å². The monoisotopic (exact) mass is 309 g/mol. The number of para-hydroxylation sites is 1. The Hall–Kier alpha value is -2.62. The lowest BCUT2D eigenvalue weighted by atomic mass is 10.0. The largest absolute Gasteiger partial charge is 0.440 e. The summed E-state index contributed by atoms with van der Waals surface area (Å²) in [6.07, 6.45) is 0. The van der Waals surface area contributed by atoms with Crippen molar-refractivity contribution >= 4 is 17.1 Å². The second-order valence-corrected chi connectivity index (χ2v) is 5.96. The van der Waals surface area contributed by atoms with Gasteiger partial charge in [0, 0.05) is 6.92 Å². The van der Waals surface area contributed by atoms with Crippen LogP contribution in [-0.2, 0) is 0 Å². The lowest BCUT2D eigenvalue weighted by Crippen LogP contribution is -2.10. The van der Waals surface area contributed by atoms with Gasteiger partial charge in [-0.25, -0.2) is 9.78 Å². The van der Waals surface area contributed by atoms with Gasteiger partial charge in [-0.1, -0.05) is 32.0 Å². The van der Waals surface area contributed by atoms with Gasteiger partial charge in [-0.15, -0.1) is 0 Å². The van der Waals surface area contributed by atoms with Gasteiger partial charge < -0.3 is 9.15 Å². The van der Waals surface area contributed by atoms with E-state index in [1.54, 1.807) is 19.1 Å². The summed E-state index contributed by atoms with van der Waals surface area (Å²) in [7, 11) is 0. The van der Waals surface area contributed by atoms with Crippen LogP contribution >= 0.6 is 0 Å². The van der Waals surface area contributed by atoms with Gasteiger partial charge in [0.15, 0.2) is 11.5 Å². The highest BCUT2D eigenvalue weighted by Gasteiger charge is 2.17. The van der Waals surface area contributed by atoms with Gasteiger partial charge in [-0.2, -0.15) is 0 Å². The molecular formula is C19H19NO3.